The first-order valence-corrected chi connectivity index (χ1v) is 8.11. The lowest BCUT2D eigenvalue weighted by Gasteiger charge is -2.42. The van der Waals surface area contributed by atoms with Crippen LogP contribution in [0.15, 0.2) is 0 Å². The highest BCUT2D eigenvalue weighted by Crippen LogP contribution is 2.17. The third kappa shape index (κ3) is 4.94. The molecule has 0 bridgehead atoms. The van der Waals surface area contributed by atoms with Gasteiger partial charge in [-0.25, -0.2) is 0 Å². The van der Waals surface area contributed by atoms with Crippen molar-refractivity contribution in [2.75, 3.05) is 40.3 Å². The average Bonchev–Trinajstić information content (AvgIpc) is 2.44. The topological polar surface area (TPSA) is 44.8 Å². The van der Waals surface area contributed by atoms with Crippen LogP contribution < -0.4 is 5.32 Å². The molecule has 5 nitrogen and oxygen atoms in total. The Morgan fingerprint density at radius 1 is 1.33 bits per heavy atom. The molecule has 1 aliphatic rings. The van der Waals surface area contributed by atoms with Gasteiger partial charge < -0.3 is 15.0 Å². The number of carbonyl (C=O) groups is 1. The molecule has 0 radical (unpaired) electrons. The predicted octanol–water partition coefficient (Wildman–Crippen LogP) is 1.33. The van der Waals surface area contributed by atoms with Gasteiger partial charge in [0.05, 0.1) is 7.11 Å². The van der Waals surface area contributed by atoms with E-state index in [1.807, 2.05) is 13.8 Å². The summed E-state index contributed by atoms with van der Waals surface area (Å²) in [5.41, 5.74) is -0.562. The fourth-order valence-corrected chi connectivity index (χ4v) is 3.23. The van der Waals surface area contributed by atoms with Crippen LogP contribution in [0.3, 0.4) is 0 Å². The van der Waals surface area contributed by atoms with Crippen LogP contribution in [0.1, 0.15) is 40.5 Å². The lowest BCUT2D eigenvalue weighted by molar-refractivity contribution is -0.148. The van der Waals surface area contributed by atoms with Crippen molar-refractivity contribution >= 4 is 5.97 Å². The molecule has 3 unspecified atom stereocenters. The molecule has 0 saturated carbocycles. The van der Waals surface area contributed by atoms with E-state index >= 15 is 0 Å². The highest BCUT2D eigenvalue weighted by molar-refractivity contribution is 5.80. The number of carbonyl (C=O) groups excluding carboxylic acids is 1. The molecule has 0 amide bonds. The smallest absolute Gasteiger partial charge is 0.325 e. The van der Waals surface area contributed by atoms with Crippen LogP contribution in [0.25, 0.3) is 0 Å². The van der Waals surface area contributed by atoms with E-state index in [-0.39, 0.29) is 5.97 Å². The summed E-state index contributed by atoms with van der Waals surface area (Å²) < 4.78 is 4.94. The second kappa shape index (κ2) is 8.11. The molecular formula is C16H33N3O2. The minimum Gasteiger partial charge on any atom is -0.468 e. The van der Waals surface area contributed by atoms with Crippen molar-refractivity contribution < 1.29 is 9.53 Å². The Morgan fingerprint density at radius 3 is 2.38 bits per heavy atom. The second-order valence-electron chi connectivity index (χ2n) is 6.58. The largest absolute Gasteiger partial charge is 0.468 e. The highest BCUT2D eigenvalue weighted by atomic mass is 16.5. The fourth-order valence-electron chi connectivity index (χ4n) is 3.23. The van der Waals surface area contributed by atoms with Gasteiger partial charge in [0.2, 0.25) is 0 Å². The van der Waals surface area contributed by atoms with Gasteiger partial charge in [-0.3, -0.25) is 9.69 Å². The number of hydrogen-bond donors (Lipinski definition) is 1. The maximum atomic E-state index is 11.9. The molecule has 0 aromatic carbocycles. The number of nitrogens with zero attached hydrogens (tertiary/aromatic N) is 2. The standard InChI is InChI=1S/C16H33N3O2/c1-7-17-16(4,15(20)21-6)9-8-10-19-11-13(2)18(5)14(3)12-19/h13-14,17H,7-12H2,1-6H3. The van der Waals surface area contributed by atoms with Gasteiger partial charge >= 0.3 is 5.97 Å². The normalized spacial score (nSPS) is 27.3. The van der Waals surface area contributed by atoms with E-state index in [4.69, 9.17) is 4.74 Å². The van der Waals surface area contributed by atoms with Crippen LogP contribution in [0, 0.1) is 0 Å². The summed E-state index contributed by atoms with van der Waals surface area (Å²) in [6.45, 7) is 12.5. The van der Waals surface area contributed by atoms with E-state index in [9.17, 15) is 4.79 Å². The summed E-state index contributed by atoms with van der Waals surface area (Å²) in [6.07, 6.45) is 1.81. The third-order valence-electron chi connectivity index (χ3n) is 4.79. The Bertz CT molecular complexity index is 325. The van der Waals surface area contributed by atoms with Gasteiger partial charge in [0.15, 0.2) is 0 Å². The summed E-state index contributed by atoms with van der Waals surface area (Å²) in [5.74, 6) is -0.163. The molecule has 0 aromatic rings. The lowest BCUT2D eigenvalue weighted by atomic mass is 9.95. The van der Waals surface area contributed by atoms with Crippen molar-refractivity contribution in [2.45, 2.75) is 58.2 Å². The lowest BCUT2D eigenvalue weighted by Crippen LogP contribution is -2.55. The Hall–Kier alpha value is -0.650. The van der Waals surface area contributed by atoms with Crippen LogP contribution in [0.4, 0.5) is 0 Å². The van der Waals surface area contributed by atoms with Gasteiger partial charge in [0.25, 0.3) is 0 Å². The summed E-state index contributed by atoms with van der Waals surface area (Å²) in [4.78, 5) is 16.9. The zero-order chi connectivity index (χ0) is 16.0. The highest BCUT2D eigenvalue weighted by Gasteiger charge is 2.33. The van der Waals surface area contributed by atoms with E-state index in [0.29, 0.717) is 12.1 Å². The molecule has 5 heteroatoms. The summed E-state index contributed by atoms with van der Waals surface area (Å²) >= 11 is 0. The molecule has 0 aliphatic carbocycles. The first-order valence-electron chi connectivity index (χ1n) is 8.11. The number of rotatable bonds is 7. The Balaban J connectivity index is 2.46. The van der Waals surface area contributed by atoms with Gasteiger partial charge in [-0.1, -0.05) is 6.92 Å². The molecule has 1 heterocycles. The van der Waals surface area contributed by atoms with Crippen molar-refractivity contribution in [3.63, 3.8) is 0 Å². The van der Waals surface area contributed by atoms with E-state index in [2.05, 4.69) is 36.0 Å². The monoisotopic (exact) mass is 299 g/mol. The van der Waals surface area contributed by atoms with Crippen molar-refractivity contribution in [3.8, 4) is 0 Å². The molecule has 3 atom stereocenters. The number of ether oxygens (including phenoxy) is 1. The van der Waals surface area contributed by atoms with Crippen LogP contribution in [0.2, 0.25) is 0 Å². The van der Waals surface area contributed by atoms with E-state index in [0.717, 1.165) is 39.0 Å². The SMILES string of the molecule is CCNC(C)(CCCN1CC(C)N(C)C(C)C1)C(=O)OC. The quantitative estimate of drug-likeness (QED) is 0.719. The zero-order valence-electron chi connectivity index (χ0n) is 14.6. The summed E-state index contributed by atoms with van der Waals surface area (Å²) in [5, 5.41) is 3.27. The van der Waals surface area contributed by atoms with Gasteiger partial charge in [-0.15, -0.1) is 0 Å². The van der Waals surface area contributed by atoms with Crippen molar-refractivity contribution in [1.82, 2.24) is 15.1 Å². The number of piperazine rings is 1. The molecule has 1 rings (SSSR count). The number of methoxy groups -OCH3 is 1. The zero-order valence-corrected chi connectivity index (χ0v) is 14.6. The van der Waals surface area contributed by atoms with Crippen LogP contribution >= 0.6 is 0 Å². The van der Waals surface area contributed by atoms with Gasteiger partial charge in [-0.2, -0.15) is 0 Å². The summed E-state index contributed by atoms with van der Waals surface area (Å²) in [7, 11) is 3.66. The van der Waals surface area contributed by atoms with E-state index in [1.54, 1.807) is 0 Å². The molecule has 124 valence electrons. The maximum absolute atomic E-state index is 11.9. The first-order chi connectivity index (χ1) is 9.84. The number of likely N-dealkylation sites (N-methyl/N-ethyl adjacent to an activating group) is 2. The third-order valence-corrected chi connectivity index (χ3v) is 4.79. The Labute approximate surface area is 130 Å². The molecule has 0 aromatic heterocycles. The van der Waals surface area contributed by atoms with E-state index < -0.39 is 5.54 Å². The Morgan fingerprint density at radius 2 is 1.90 bits per heavy atom. The van der Waals surface area contributed by atoms with Crippen molar-refractivity contribution in [3.05, 3.63) is 0 Å². The molecule has 1 fully saturated rings. The minimum absolute atomic E-state index is 0.163. The van der Waals surface area contributed by atoms with Crippen molar-refractivity contribution in [2.24, 2.45) is 0 Å². The molecule has 21 heavy (non-hydrogen) atoms. The molecular weight excluding hydrogens is 266 g/mol. The molecule has 0 spiro atoms. The maximum Gasteiger partial charge on any atom is 0.325 e. The van der Waals surface area contributed by atoms with Crippen molar-refractivity contribution in [1.29, 1.82) is 0 Å². The van der Waals surface area contributed by atoms with Gasteiger partial charge in [0.1, 0.15) is 5.54 Å². The molecule has 1 saturated heterocycles. The van der Waals surface area contributed by atoms with Crippen LogP contribution in [-0.4, -0.2) is 73.7 Å². The number of hydrogen-bond acceptors (Lipinski definition) is 5. The first kappa shape index (κ1) is 18.4. The average molecular weight is 299 g/mol. The van der Waals surface area contributed by atoms with Crippen LogP contribution in [-0.2, 0) is 9.53 Å². The summed E-state index contributed by atoms with van der Waals surface area (Å²) in [6, 6.07) is 1.18. The van der Waals surface area contributed by atoms with E-state index in [1.165, 1.54) is 7.11 Å². The molecule has 1 N–H and O–H groups in total. The predicted molar refractivity (Wildman–Crippen MR) is 86.5 cm³/mol. The number of esters is 1. The minimum atomic E-state index is -0.562. The molecule has 1 aliphatic heterocycles. The second-order valence-corrected chi connectivity index (χ2v) is 6.58. The number of nitrogens with one attached hydrogen (secondary N) is 1. The fraction of sp³-hybridized carbons (Fsp3) is 0.938. The van der Waals surface area contributed by atoms with Gasteiger partial charge in [0, 0.05) is 25.2 Å². The van der Waals surface area contributed by atoms with Gasteiger partial charge in [-0.05, 0) is 53.8 Å². The Kier molecular flexibility index (Phi) is 7.10. The van der Waals surface area contributed by atoms with Crippen LogP contribution in [0.5, 0.6) is 0 Å².